The molecule has 2 atom stereocenters. The molecule has 10 heteroatoms. The molecule has 1 aromatic carbocycles. The fraction of sp³-hybridized carbons (Fsp3) is 0.519. The number of rotatable bonds is 6. The van der Waals surface area contributed by atoms with Crippen LogP contribution in [0.4, 0.5) is 13.6 Å². The van der Waals surface area contributed by atoms with E-state index in [2.05, 4.69) is 21.3 Å². The average molecular weight is 525 g/mol. The van der Waals surface area contributed by atoms with Crippen LogP contribution in [-0.2, 0) is 0 Å². The Kier molecular flexibility index (Phi) is 5.24. The van der Waals surface area contributed by atoms with E-state index in [1.54, 1.807) is 19.2 Å². The molecule has 2 amide bonds. The first kappa shape index (κ1) is 23.3. The second-order valence-corrected chi connectivity index (χ2v) is 12.3. The molecule has 0 spiro atoms. The molecule has 5 fully saturated rings. The molecule has 37 heavy (non-hydrogen) atoms. The lowest BCUT2D eigenvalue weighted by Gasteiger charge is -2.72. The molecule has 0 unspecified atom stereocenters. The first-order valence-electron chi connectivity index (χ1n) is 13.0. The summed E-state index contributed by atoms with van der Waals surface area (Å²) in [5.74, 6) is 0.470. The van der Waals surface area contributed by atoms with E-state index in [1.165, 1.54) is 17.4 Å². The Bertz CT molecular complexity index is 1290. The Hall–Kier alpha value is -2.85. The molecule has 0 radical (unpaired) electrons. The first-order chi connectivity index (χ1) is 17.9. The third-order valence-corrected chi connectivity index (χ3v) is 9.75. The van der Waals surface area contributed by atoms with Crippen LogP contribution in [0.5, 0.6) is 0 Å². The molecule has 4 heterocycles. The fourth-order valence-electron chi connectivity index (χ4n) is 7.16. The Morgan fingerprint density at radius 2 is 2.05 bits per heavy atom. The highest BCUT2D eigenvalue weighted by molar-refractivity contribution is 7.11. The third-order valence-electron chi connectivity index (χ3n) is 8.97. The van der Waals surface area contributed by atoms with E-state index in [1.807, 2.05) is 21.2 Å². The number of fused-ring (bicyclic) bond motifs is 1. The van der Waals surface area contributed by atoms with Crippen molar-refractivity contribution in [3.05, 3.63) is 63.5 Å². The summed E-state index contributed by atoms with van der Waals surface area (Å²) in [7, 11) is 0. The Morgan fingerprint density at radius 3 is 2.81 bits per heavy atom. The maximum Gasteiger partial charge on any atom is 0.320 e. The largest absolute Gasteiger partial charge is 0.341 e. The number of benzene rings is 1. The van der Waals surface area contributed by atoms with Gasteiger partial charge in [-0.1, -0.05) is 12.1 Å². The number of amidine groups is 1. The lowest BCUT2D eigenvalue weighted by molar-refractivity contribution is -0.207. The van der Waals surface area contributed by atoms with Crippen molar-refractivity contribution in [3.63, 3.8) is 0 Å². The first-order valence-corrected chi connectivity index (χ1v) is 13.8. The predicted octanol–water partition coefficient (Wildman–Crippen LogP) is 3.88. The highest BCUT2D eigenvalue weighted by atomic mass is 32.1. The van der Waals surface area contributed by atoms with Gasteiger partial charge in [0.25, 0.3) is 0 Å². The maximum atomic E-state index is 14.4. The van der Waals surface area contributed by atoms with Crippen LogP contribution in [0.25, 0.3) is 0 Å². The third kappa shape index (κ3) is 3.63. The number of hydrogen-bond acceptors (Lipinski definition) is 6. The molecular formula is C27H30F2N6OS. The molecule has 1 aromatic heterocycles. The van der Waals surface area contributed by atoms with Crippen molar-refractivity contribution in [1.29, 1.82) is 0 Å². The number of alkyl halides is 1. The molecule has 1 N–H and O–H groups in total. The number of urea groups is 1. The van der Waals surface area contributed by atoms with Gasteiger partial charge in [-0.2, -0.15) is 0 Å². The molecule has 2 saturated heterocycles. The van der Waals surface area contributed by atoms with Gasteiger partial charge >= 0.3 is 6.03 Å². The summed E-state index contributed by atoms with van der Waals surface area (Å²) >= 11 is 1.52. The number of aromatic nitrogens is 1. The SMILES string of the molecule is Cc1c(F)cccc1[C@@H]1C=C(CN2CCN3C(=O)N(C45CC(CF)(C4)C5)C[C@@H]3C2)NC(c2nccs2)=N1. The minimum Gasteiger partial charge on any atom is -0.341 e. The number of amides is 2. The highest BCUT2D eigenvalue weighted by Gasteiger charge is 2.72. The van der Waals surface area contributed by atoms with E-state index in [0.717, 1.165) is 55.2 Å². The summed E-state index contributed by atoms with van der Waals surface area (Å²) in [6, 6.07) is 5.12. The Balaban J connectivity index is 1.08. The fourth-order valence-corrected chi connectivity index (χ4v) is 7.75. The quantitative estimate of drug-likeness (QED) is 0.623. The van der Waals surface area contributed by atoms with Crippen molar-refractivity contribution in [2.75, 3.05) is 39.4 Å². The number of hydrogen-bond donors (Lipinski definition) is 1. The van der Waals surface area contributed by atoms with Gasteiger partial charge in [0.1, 0.15) is 5.82 Å². The molecule has 3 saturated carbocycles. The van der Waals surface area contributed by atoms with Crippen LogP contribution in [0.15, 0.2) is 46.5 Å². The van der Waals surface area contributed by atoms with E-state index in [4.69, 9.17) is 4.99 Å². The van der Waals surface area contributed by atoms with Crippen molar-refractivity contribution in [1.82, 2.24) is 25.0 Å². The van der Waals surface area contributed by atoms with Crippen LogP contribution in [0.2, 0.25) is 0 Å². The number of nitrogens with zero attached hydrogens (tertiary/aromatic N) is 5. The van der Waals surface area contributed by atoms with Gasteiger partial charge < -0.3 is 15.1 Å². The zero-order valence-electron chi connectivity index (χ0n) is 20.8. The molecule has 3 aliphatic heterocycles. The lowest BCUT2D eigenvalue weighted by Crippen LogP contribution is -2.75. The summed E-state index contributed by atoms with van der Waals surface area (Å²) in [6.45, 7) is 5.20. The van der Waals surface area contributed by atoms with Gasteiger partial charge in [0.15, 0.2) is 10.8 Å². The topological polar surface area (TPSA) is 64.1 Å². The molecule has 7 nitrogen and oxygen atoms in total. The summed E-state index contributed by atoms with van der Waals surface area (Å²) in [5.41, 5.74) is 2.23. The summed E-state index contributed by atoms with van der Waals surface area (Å²) < 4.78 is 27.7. The van der Waals surface area contributed by atoms with Crippen molar-refractivity contribution >= 4 is 23.2 Å². The number of halogens is 2. The van der Waals surface area contributed by atoms with Crippen molar-refractivity contribution in [3.8, 4) is 0 Å². The van der Waals surface area contributed by atoms with E-state index in [-0.39, 0.29) is 41.6 Å². The van der Waals surface area contributed by atoms with E-state index < -0.39 is 0 Å². The van der Waals surface area contributed by atoms with Crippen molar-refractivity contribution < 1.29 is 13.6 Å². The number of carbonyl (C=O) groups is 1. The second-order valence-electron chi connectivity index (χ2n) is 11.4. The standard InChI is InChI=1S/C27H30F2N6OS/c1-17-20(3-2-4-21(17)29)22-9-18(31-23(32-22)24-30-5-8-37-24)10-33-6-7-34-19(11-33)12-35(25(34)36)27-13-26(14-27,15-27)16-28/h2-5,8-9,19,22H,6-7,10-16H2,1H3,(H,31,32)/t19-,22-,26?,27?/m0/s1. The van der Waals surface area contributed by atoms with Crippen molar-refractivity contribution in [2.24, 2.45) is 10.4 Å². The average Bonchev–Trinajstić information content (AvgIpc) is 3.48. The predicted molar refractivity (Wildman–Crippen MR) is 138 cm³/mol. The molecule has 2 bridgehead atoms. The molecule has 8 rings (SSSR count). The Labute approximate surface area is 218 Å². The van der Waals surface area contributed by atoms with Gasteiger partial charge in [0, 0.05) is 61.0 Å². The van der Waals surface area contributed by atoms with E-state index in [9.17, 15) is 13.6 Å². The second kappa shape index (κ2) is 8.33. The van der Waals surface area contributed by atoms with Gasteiger partial charge in [-0.15, -0.1) is 11.3 Å². The van der Waals surface area contributed by atoms with Gasteiger partial charge in [0.2, 0.25) is 0 Å². The van der Waals surface area contributed by atoms with Crippen molar-refractivity contribution in [2.45, 2.75) is 43.8 Å². The summed E-state index contributed by atoms with van der Waals surface area (Å²) in [5, 5.41) is 6.19. The monoisotopic (exact) mass is 524 g/mol. The zero-order chi connectivity index (χ0) is 25.4. The highest BCUT2D eigenvalue weighted by Crippen LogP contribution is 2.70. The number of thiazole rings is 1. The number of nitrogens with one attached hydrogen (secondary N) is 1. The molecule has 3 aliphatic carbocycles. The zero-order valence-corrected chi connectivity index (χ0v) is 21.6. The van der Waals surface area contributed by atoms with Crippen LogP contribution in [0, 0.1) is 18.2 Å². The van der Waals surface area contributed by atoms with Crippen LogP contribution < -0.4 is 5.32 Å². The van der Waals surface area contributed by atoms with Crippen LogP contribution in [0.1, 0.15) is 41.4 Å². The smallest absolute Gasteiger partial charge is 0.320 e. The molecule has 194 valence electrons. The number of piperazine rings is 1. The number of carbonyl (C=O) groups excluding carboxylic acids is 1. The Morgan fingerprint density at radius 1 is 1.22 bits per heavy atom. The van der Waals surface area contributed by atoms with Gasteiger partial charge in [-0.05, 0) is 49.5 Å². The minimum atomic E-state index is -0.303. The van der Waals surface area contributed by atoms with Crippen LogP contribution in [-0.4, -0.2) is 82.5 Å². The van der Waals surface area contributed by atoms with Crippen LogP contribution >= 0.6 is 11.3 Å². The van der Waals surface area contributed by atoms with Gasteiger partial charge in [0.05, 0.1) is 18.8 Å². The summed E-state index contributed by atoms with van der Waals surface area (Å²) in [4.78, 5) is 28.9. The lowest BCUT2D eigenvalue weighted by atomic mass is 9.39. The van der Waals surface area contributed by atoms with Gasteiger partial charge in [-0.3, -0.25) is 14.3 Å². The van der Waals surface area contributed by atoms with E-state index in [0.29, 0.717) is 24.5 Å². The number of aliphatic imine (C=N–C) groups is 1. The van der Waals surface area contributed by atoms with Crippen LogP contribution in [0.3, 0.4) is 0 Å². The maximum absolute atomic E-state index is 14.4. The molecule has 2 aromatic rings. The minimum absolute atomic E-state index is 0.0894. The summed E-state index contributed by atoms with van der Waals surface area (Å²) in [6.07, 6.45) is 6.30. The normalized spacial score (nSPS) is 32.8. The molecular weight excluding hydrogens is 494 g/mol. The van der Waals surface area contributed by atoms with E-state index >= 15 is 0 Å². The van der Waals surface area contributed by atoms with Gasteiger partial charge in [-0.25, -0.2) is 14.2 Å². The molecule has 6 aliphatic rings.